The van der Waals surface area contributed by atoms with Crippen molar-refractivity contribution >= 4 is 35.8 Å². The van der Waals surface area contributed by atoms with Crippen LogP contribution in [0.4, 0.5) is 0 Å². The van der Waals surface area contributed by atoms with Crippen LogP contribution in [0, 0.1) is 17.3 Å². The highest BCUT2D eigenvalue weighted by molar-refractivity contribution is 5.77. The molecule has 11 atom stereocenters. The lowest BCUT2D eigenvalue weighted by molar-refractivity contribution is -0.282. The van der Waals surface area contributed by atoms with Crippen molar-refractivity contribution in [3.8, 4) is 11.5 Å². The maximum atomic E-state index is 12.9. The number of hydrogen-bond acceptors (Lipinski definition) is 15. The van der Waals surface area contributed by atoms with Gasteiger partial charge in [-0.3, -0.25) is 24.0 Å². The fourth-order valence-corrected chi connectivity index (χ4v) is 8.64. The molecule has 15 heteroatoms. The molecule has 274 valence electrons. The molecule has 1 heterocycles. The number of hydrogen-bond donors (Lipinski definition) is 1. The van der Waals surface area contributed by atoms with Gasteiger partial charge in [0.1, 0.15) is 12.2 Å². The standard InChI is InChI=1S/C35H44O15/c1-15(36)44-27-14-24-22-9-8-20-12-25(41)26(13-23(20)21(22)10-11-35(24,6)32(27)48-19(5)40)49-34-31(47-18(4)39)29(46-17(3)38)28(45-16(2)37)30(50-34)33(42)43-7/h12-13,21-22,24,27-32,34,41H,8-11,14H2,1-7H3/t21-,22+,24-,27+,28-,29-,30-,31+,32-,34+,35-/m0/s1. The molecule has 1 N–H and O–H groups in total. The van der Waals surface area contributed by atoms with E-state index in [4.69, 9.17) is 37.9 Å². The van der Waals surface area contributed by atoms with Crippen LogP contribution in [0.5, 0.6) is 11.5 Å². The predicted octanol–water partition coefficient (Wildman–Crippen LogP) is 2.79. The zero-order valence-electron chi connectivity index (χ0n) is 29.1. The summed E-state index contributed by atoms with van der Waals surface area (Å²) in [7, 11) is 1.08. The first-order valence-corrected chi connectivity index (χ1v) is 16.7. The van der Waals surface area contributed by atoms with E-state index in [2.05, 4.69) is 6.92 Å². The molecule has 1 saturated heterocycles. The fraction of sp³-hybridized carbons (Fsp3) is 0.657. The molecule has 50 heavy (non-hydrogen) atoms. The Labute approximate surface area is 289 Å². The molecule has 0 amide bonds. The second-order valence-corrected chi connectivity index (χ2v) is 13.7. The summed E-state index contributed by atoms with van der Waals surface area (Å²) in [6, 6.07) is 3.28. The van der Waals surface area contributed by atoms with Gasteiger partial charge in [-0.2, -0.15) is 0 Å². The van der Waals surface area contributed by atoms with Crippen LogP contribution in [0.25, 0.3) is 0 Å². The number of fused-ring (bicyclic) bond motifs is 5. The van der Waals surface area contributed by atoms with Crippen molar-refractivity contribution in [2.45, 2.75) is 122 Å². The minimum absolute atomic E-state index is 0.00957. The number of phenolic OH excluding ortho intramolecular Hbond substituents is 1. The Balaban J connectivity index is 1.49. The molecule has 1 aromatic rings. The van der Waals surface area contributed by atoms with Crippen molar-refractivity contribution in [1.29, 1.82) is 0 Å². The number of ether oxygens (including phenoxy) is 8. The van der Waals surface area contributed by atoms with Crippen LogP contribution in [0.15, 0.2) is 12.1 Å². The normalized spacial score (nSPS) is 34.1. The third-order valence-electron chi connectivity index (χ3n) is 10.4. The molecule has 1 aliphatic heterocycles. The molecule has 0 radical (unpaired) electrons. The van der Waals surface area contributed by atoms with E-state index in [0.29, 0.717) is 25.7 Å². The second kappa shape index (κ2) is 14.4. The molecule has 1 aromatic carbocycles. The third kappa shape index (κ3) is 7.23. The van der Waals surface area contributed by atoms with Gasteiger partial charge in [0.25, 0.3) is 0 Å². The number of esters is 6. The Morgan fingerprint density at radius 1 is 0.800 bits per heavy atom. The number of phenols is 1. The zero-order chi connectivity index (χ0) is 36.7. The zero-order valence-corrected chi connectivity index (χ0v) is 29.1. The van der Waals surface area contributed by atoms with Gasteiger partial charge in [0.2, 0.25) is 12.4 Å². The highest BCUT2D eigenvalue weighted by Crippen LogP contribution is 2.62. The Bertz CT molecular complexity index is 1540. The molecule has 0 aromatic heterocycles. The summed E-state index contributed by atoms with van der Waals surface area (Å²) in [6.07, 6.45) is -5.79. The predicted molar refractivity (Wildman–Crippen MR) is 167 cm³/mol. The van der Waals surface area contributed by atoms with Gasteiger partial charge in [-0.15, -0.1) is 0 Å². The molecule has 5 rings (SSSR count). The lowest BCUT2D eigenvalue weighted by Crippen LogP contribution is -2.64. The Morgan fingerprint density at radius 3 is 2.00 bits per heavy atom. The SMILES string of the molecule is COC(=O)[C@H]1O[C@@H](Oc2cc3c(cc2O)CC[C@@H]2[C@@H]3CC[C@@]3(C)[C@H]2C[C@@H](OC(C)=O)[C@@H]3OC(C)=O)[C@H](OC(C)=O)[C@@H](OC(C)=O)[C@@H]1OC(C)=O. The van der Waals surface area contributed by atoms with Crippen LogP contribution in [0.2, 0.25) is 0 Å². The van der Waals surface area contributed by atoms with Crippen molar-refractivity contribution < 1.29 is 71.8 Å². The van der Waals surface area contributed by atoms with Crippen LogP contribution in [-0.4, -0.2) is 90.9 Å². The molecule has 2 saturated carbocycles. The maximum Gasteiger partial charge on any atom is 0.339 e. The summed E-state index contributed by atoms with van der Waals surface area (Å²) in [4.78, 5) is 73.5. The molecular formula is C35H44O15. The lowest BCUT2D eigenvalue weighted by atomic mass is 9.55. The van der Waals surface area contributed by atoms with Gasteiger partial charge in [-0.05, 0) is 73.1 Å². The summed E-state index contributed by atoms with van der Waals surface area (Å²) in [5, 5.41) is 11.2. The largest absolute Gasteiger partial charge is 0.504 e. The van der Waals surface area contributed by atoms with Crippen molar-refractivity contribution in [3.05, 3.63) is 23.3 Å². The minimum Gasteiger partial charge on any atom is -0.504 e. The molecule has 0 unspecified atom stereocenters. The molecule has 0 spiro atoms. The van der Waals surface area contributed by atoms with Crippen LogP contribution in [-0.2, 0) is 68.3 Å². The van der Waals surface area contributed by atoms with Gasteiger partial charge in [0.15, 0.2) is 29.8 Å². The van der Waals surface area contributed by atoms with E-state index in [1.165, 1.54) is 13.8 Å². The van der Waals surface area contributed by atoms with Gasteiger partial charge >= 0.3 is 35.8 Å². The van der Waals surface area contributed by atoms with Crippen LogP contribution in [0.1, 0.15) is 84.3 Å². The number of aromatic hydroxyl groups is 1. The molecular weight excluding hydrogens is 660 g/mol. The number of aryl methyl sites for hydroxylation is 1. The second-order valence-electron chi connectivity index (χ2n) is 13.7. The molecule has 3 fully saturated rings. The fourth-order valence-electron chi connectivity index (χ4n) is 8.64. The van der Waals surface area contributed by atoms with E-state index < -0.39 is 84.1 Å². The van der Waals surface area contributed by atoms with Gasteiger partial charge in [0.05, 0.1) is 7.11 Å². The van der Waals surface area contributed by atoms with Crippen LogP contribution in [0.3, 0.4) is 0 Å². The van der Waals surface area contributed by atoms with Crippen LogP contribution < -0.4 is 4.74 Å². The van der Waals surface area contributed by atoms with E-state index >= 15 is 0 Å². The van der Waals surface area contributed by atoms with Gasteiger partial charge in [-0.1, -0.05) is 6.92 Å². The van der Waals surface area contributed by atoms with E-state index in [0.717, 1.165) is 45.4 Å². The highest BCUT2D eigenvalue weighted by atomic mass is 16.7. The first-order valence-electron chi connectivity index (χ1n) is 16.7. The smallest absolute Gasteiger partial charge is 0.339 e. The Morgan fingerprint density at radius 2 is 1.40 bits per heavy atom. The summed E-state index contributed by atoms with van der Waals surface area (Å²) >= 11 is 0. The van der Waals surface area contributed by atoms with Crippen molar-refractivity contribution in [3.63, 3.8) is 0 Å². The minimum atomic E-state index is -1.66. The molecule has 0 bridgehead atoms. The van der Waals surface area contributed by atoms with Crippen molar-refractivity contribution in [2.75, 3.05) is 7.11 Å². The van der Waals surface area contributed by atoms with Gasteiger partial charge in [-0.25, -0.2) is 4.79 Å². The lowest BCUT2D eigenvalue weighted by Gasteiger charge is -2.50. The topological polar surface area (TPSA) is 196 Å². The summed E-state index contributed by atoms with van der Waals surface area (Å²) in [6.45, 7) is 8.03. The number of rotatable bonds is 8. The summed E-state index contributed by atoms with van der Waals surface area (Å²) in [5.74, 6) is -4.48. The summed E-state index contributed by atoms with van der Waals surface area (Å²) in [5.41, 5.74) is 1.39. The average molecular weight is 705 g/mol. The first-order chi connectivity index (χ1) is 23.5. The van der Waals surface area contributed by atoms with Crippen LogP contribution >= 0.6 is 0 Å². The third-order valence-corrected chi connectivity index (χ3v) is 10.4. The number of carbonyl (C=O) groups excluding carboxylic acids is 6. The molecule has 15 nitrogen and oxygen atoms in total. The monoisotopic (exact) mass is 704 g/mol. The van der Waals surface area contributed by atoms with Crippen molar-refractivity contribution in [1.82, 2.24) is 0 Å². The molecule has 3 aliphatic carbocycles. The van der Waals surface area contributed by atoms with E-state index in [-0.39, 0.29) is 29.3 Å². The van der Waals surface area contributed by atoms with E-state index in [1.807, 2.05) is 0 Å². The average Bonchev–Trinajstić information content (AvgIpc) is 3.28. The number of methoxy groups -OCH3 is 1. The number of carbonyl (C=O) groups is 6. The van der Waals surface area contributed by atoms with E-state index in [1.54, 1.807) is 12.1 Å². The van der Waals surface area contributed by atoms with Gasteiger partial charge < -0.3 is 43.0 Å². The maximum absolute atomic E-state index is 12.9. The first kappa shape index (κ1) is 36.9. The number of benzene rings is 1. The quantitative estimate of drug-likeness (QED) is 0.306. The summed E-state index contributed by atoms with van der Waals surface area (Å²) < 4.78 is 44.6. The van der Waals surface area contributed by atoms with Gasteiger partial charge in [0, 0.05) is 40.0 Å². The van der Waals surface area contributed by atoms with Crippen molar-refractivity contribution in [2.24, 2.45) is 17.3 Å². The highest BCUT2D eigenvalue weighted by Gasteiger charge is 2.61. The Hall–Kier alpha value is -4.40. The van der Waals surface area contributed by atoms with E-state index in [9.17, 15) is 33.9 Å². The Kier molecular flexibility index (Phi) is 10.7. The molecule has 4 aliphatic rings.